The number of rotatable bonds is 11. The number of hydrogen-bond donors (Lipinski definition) is 2. The number of aliphatic carboxylic acids is 2. The Balaban J connectivity index is 3.67. The van der Waals surface area contributed by atoms with E-state index >= 15 is 0 Å². The molecule has 0 bridgehead atoms. The molecule has 0 aliphatic carbocycles. The number of carbonyl (C=O) groups is 2. The van der Waals surface area contributed by atoms with Gasteiger partial charge in [-0.15, -0.1) is 0 Å². The first-order valence-electron chi connectivity index (χ1n) is 6.89. The minimum Gasteiger partial charge on any atom is -0.478 e. The summed E-state index contributed by atoms with van der Waals surface area (Å²) in [7, 11) is 0. The molecule has 0 aromatic carbocycles. The summed E-state index contributed by atoms with van der Waals surface area (Å²) >= 11 is 0. The Morgan fingerprint density at radius 1 is 0.947 bits per heavy atom. The Hall–Kier alpha value is -1.58. The van der Waals surface area contributed by atoms with E-state index in [2.05, 4.69) is 19.1 Å². The highest BCUT2D eigenvalue weighted by Gasteiger charge is 2.08. The van der Waals surface area contributed by atoms with E-state index in [0.29, 0.717) is 6.42 Å². The average Bonchev–Trinajstić information content (AvgIpc) is 2.34. The van der Waals surface area contributed by atoms with E-state index in [9.17, 15) is 9.59 Å². The number of hydrogen-bond acceptors (Lipinski definition) is 2. The summed E-state index contributed by atoms with van der Waals surface area (Å²) in [6.45, 7) is 2.15. The molecule has 0 saturated heterocycles. The number of unbranched alkanes of at least 4 members (excludes halogenated alkanes) is 5. The average molecular weight is 268 g/mol. The van der Waals surface area contributed by atoms with E-state index in [0.717, 1.165) is 44.6 Å². The van der Waals surface area contributed by atoms with Crippen LogP contribution >= 0.6 is 0 Å². The molecule has 0 aromatic heterocycles. The molecule has 0 aliphatic rings. The SMILES string of the molecule is CCCC=CCCCCCC/C(=C\C(=O)O)C(=O)O. The fourth-order valence-corrected chi connectivity index (χ4v) is 1.72. The normalized spacial score (nSPS) is 11.9. The van der Waals surface area contributed by atoms with Crippen LogP contribution in [0.25, 0.3) is 0 Å². The minimum atomic E-state index is -1.20. The predicted octanol–water partition coefficient (Wildman–Crippen LogP) is 3.78. The fraction of sp³-hybridized carbons (Fsp3) is 0.600. The van der Waals surface area contributed by atoms with Crippen molar-refractivity contribution in [3.63, 3.8) is 0 Å². The lowest BCUT2D eigenvalue weighted by molar-refractivity contribution is -0.135. The zero-order valence-electron chi connectivity index (χ0n) is 11.6. The largest absolute Gasteiger partial charge is 0.478 e. The van der Waals surface area contributed by atoms with Crippen molar-refractivity contribution in [2.24, 2.45) is 0 Å². The molecule has 0 rings (SSSR count). The first-order valence-corrected chi connectivity index (χ1v) is 6.89. The van der Waals surface area contributed by atoms with Crippen LogP contribution in [0.1, 0.15) is 58.3 Å². The van der Waals surface area contributed by atoms with Crippen molar-refractivity contribution in [2.75, 3.05) is 0 Å². The third-order valence-corrected chi connectivity index (χ3v) is 2.76. The molecule has 0 aromatic rings. The van der Waals surface area contributed by atoms with Crippen molar-refractivity contribution in [1.82, 2.24) is 0 Å². The van der Waals surface area contributed by atoms with Gasteiger partial charge in [0, 0.05) is 11.6 Å². The van der Waals surface area contributed by atoms with Crippen molar-refractivity contribution in [2.45, 2.75) is 58.3 Å². The Labute approximate surface area is 114 Å². The zero-order chi connectivity index (χ0) is 14.5. The van der Waals surface area contributed by atoms with Crippen LogP contribution in [-0.4, -0.2) is 22.2 Å². The third kappa shape index (κ3) is 11.3. The number of allylic oxidation sites excluding steroid dienone is 2. The van der Waals surface area contributed by atoms with Crippen molar-refractivity contribution >= 4 is 11.9 Å². The lowest BCUT2D eigenvalue weighted by Gasteiger charge is -2.01. The smallest absolute Gasteiger partial charge is 0.331 e. The molecule has 0 radical (unpaired) electrons. The van der Waals surface area contributed by atoms with Crippen LogP contribution in [0, 0.1) is 0 Å². The zero-order valence-corrected chi connectivity index (χ0v) is 11.6. The van der Waals surface area contributed by atoms with Crippen LogP contribution in [0.15, 0.2) is 23.8 Å². The molecular weight excluding hydrogens is 244 g/mol. The Morgan fingerprint density at radius 3 is 2.16 bits per heavy atom. The monoisotopic (exact) mass is 268 g/mol. The van der Waals surface area contributed by atoms with Gasteiger partial charge in [0.25, 0.3) is 0 Å². The molecule has 0 amide bonds. The van der Waals surface area contributed by atoms with Crippen LogP contribution in [0.3, 0.4) is 0 Å². The molecule has 4 nitrogen and oxygen atoms in total. The molecule has 19 heavy (non-hydrogen) atoms. The molecule has 0 atom stereocenters. The molecule has 4 heteroatoms. The van der Waals surface area contributed by atoms with Gasteiger partial charge >= 0.3 is 11.9 Å². The van der Waals surface area contributed by atoms with E-state index < -0.39 is 11.9 Å². The predicted molar refractivity (Wildman–Crippen MR) is 75.1 cm³/mol. The molecule has 0 saturated carbocycles. The first kappa shape index (κ1) is 17.4. The Morgan fingerprint density at radius 2 is 1.58 bits per heavy atom. The van der Waals surface area contributed by atoms with Crippen molar-refractivity contribution < 1.29 is 19.8 Å². The van der Waals surface area contributed by atoms with Crippen molar-refractivity contribution in [3.8, 4) is 0 Å². The maximum Gasteiger partial charge on any atom is 0.331 e. The Kier molecular flexibility index (Phi) is 10.6. The fourth-order valence-electron chi connectivity index (χ4n) is 1.72. The van der Waals surface area contributed by atoms with Gasteiger partial charge in [0.1, 0.15) is 0 Å². The molecule has 0 fully saturated rings. The second kappa shape index (κ2) is 11.5. The van der Waals surface area contributed by atoms with Crippen LogP contribution in [-0.2, 0) is 9.59 Å². The van der Waals surface area contributed by atoms with Gasteiger partial charge in [0.05, 0.1) is 0 Å². The van der Waals surface area contributed by atoms with Gasteiger partial charge in [0.2, 0.25) is 0 Å². The van der Waals surface area contributed by atoms with Crippen LogP contribution in [0.5, 0.6) is 0 Å². The lowest BCUT2D eigenvalue weighted by atomic mass is 10.1. The summed E-state index contributed by atoms with van der Waals surface area (Å²) in [6, 6.07) is 0. The summed E-state index contributed by atoms with van der Waals surface area (Å²) < 4.78 is 0. The minimum absolute atomic E-state index is 0.0182. The number of carboxylic acids is 2. The van der Waals surface area contributed by atoms with Gasteiger partial charge in [-0.2, -0.15) is 0 Å². The Bertz CT molecular complexity index is 329. The van der Waals surface area contributed by atoms with Crippen LogP contribution < -0.4 is 0 Å². The van der Waals surface area contributed by atoms with Crippen molar-refractivity contribution in [1.29, 1.82) is 0 Å². The summed E-state index contributed by atoms with van der Waals surface area (Å²) in [5, 5.41) is 17.3. The first-order chi connectivity index (χ1) is 9.07. The molecule has 0 aliphatic heterocycles. The van der Waals surface area contributed by atoms with Crippen LogP contribution in [0.2, 0.25) is 0 Å². The molecule has 0 spiro atoms. The third-order valence-electron chi connectivity index (χ3n) is 2.76. The topological polar surface area (TPSA) is 74.6 Å². The van der Waals surface area contributed by atoms with E-state index in [1.165, 1.54) is 6.42 Å². The van der Waals surface area contributed by atoms with Gasteiger partial charge in [-0.25, -0.2) is 9.59 Å². The van der Waals surface area contributed by atoms with E-state index in [4.69, 9.17) is 10.2 Å². The molecular formula is C15H24O4. The van der Waals surface area contributed by atoms with E-state index in [1.807, 2.05) is 0 Å². The summed E-state index contributed by atoms with van der Waals surface area (Å²) in [5.74, 6) is -2.33. The van der Waals surface area contributed by atoms with Gasteiger partial charge in [0.15, 0.2) is 0 Å². The molecule has 2 N–H and O–H groups in total. The summed E-state index contributed by atoms with van der Waals surface area (Å²) in [4.78, 5) is 21.2. The molecule has 0 unspecified atom stereocenters. The summed E-state index contributed by atoms with van der Waals surface area (Å²) in [6.07, 6.45) is 12.7. The second-order valence-corrected chi connectivity index (χ2v) is 4.53. The maximum atomic E-state index is 10.8. The number of carboxylic acid groups (broad SMARTS) is 2. The standard InChI is InChI=1S/C15H24O4/c1-2-3-4-5-6-7-8-9-10-11-13(15(18)19)12-14(16)17/h4-5,12H,2-3,6-11H2,1H3,(H,16,17)(H,18,19)/b5-4?,13-12+. The highest BCUT2D eigenvalue weighted by Crippen LogP contribution is 2.11. The lowest BCUT2D eigenvalue weighted by Crippen LogP contribution is -2.04. The highest BCUT2D eigenvalue weighted by atomic mass is 16.4. The maximum absolute atomic E-state index is 10.8. The second-order valence-electron chi connectivity index (χ2n) is 4.53. The van der Waals surface area contributed by atoms with E-state index in [-0.39, 0.29) is 5.57 Å². The van der Waals surface area contributed by atoms with E-state index in [1.54, 1.807) is 0 Å². The van der Waals surface area contributed by atoms with Crippen LogP contribution in [0.4, 0.5) is 0 Å². The van der Waals surface area contributed by atoms with Crippen molar-refractivity contribution in [3.05, 3.63) is 23.8 Å². The van der Waals surface area contributed by atoms with Gasteiger partial charge in [-0.3, -0.25) is 0 Å². The summed E-state index contributed by atoms with van der Waals surface area (Å²) in [5.41, 5.74) is -0.0182. The molecule has 0 heterocycles. The molecule has 108 valence electrons. The quantitative estimate of drug-likeness (QED) is 0.340. The highest BCUT2D eigenvalue weighted by molar-refractivity contribution is 5.94. The van der Waals surface area contributed by atoms with Gasteiger partial charge in [-0.05, 0) is 32.1 Å². The van der Waals surface area contributed by atoms with Gasteiger partial charge < -0.3 is 10.2 Å². The van der Waals surface area contributed by atoms with Gasteiger partial charge in [-0.1, -0.05) is 38.3 Å².